The summed E-state index contributed by atoms with van der Waals surface area (Å²) in [6, 6.07) is 15.4. The molecule has 2 unspecified atom stereocenters. The van der Waals surface area contributed by atoms with Crippen LogP contribution in [0.4, 0.5) is 11.4 Å². The summed E-state index contributed by atoms with van der Waals surface area (Å²) >= 11 is 0. The van der Waals surface area contributed by atoms with E-state index in [9.17, 15) is 9.90 Å². The molecule has 0 aromatic heterocycles. The van der Waals surface area contributed by atoms with Crippen molar-refractivity contribution in [3.63, 3.8) is 0 Å². The first-order chi connectivity index (χ1) is 15.0. The molecule has 2 atom stereocenters. The van der Waals surface area contributed by atoms with Gasteiger partial charge in [0.2, 0.25) is 5.91 Å². The second-order valence-electron chi connectivity index (χ2n) is 8.52. The Morgan fingerprint density at radius 2 is 1.74 bits per heavy atom. The Balaban J connectivity index is 1.28. The van der Waals surface area contributed by atoms with E-state index in [1.807, 2.05) is 24.3 Å². The number of hydrogen-bond donors (Lipinski definition) is 2. The van der Waals surface area contributed by atoms with Crippen molar-refractivity contribution in [2.75, 3.05) is 42.9 Å². The third kappa shape index (κ3) is 5.66. The Labute approximate surface area is 184 Å². The van der Waals surface area contributed by atoms with Gasteiger partial charge in [0.25, 0.3) is 0 Å². The van der Waals surface area contributed by atoms with Gasteiger partial charge in [-0.25, -0.2) is 0 Å². The number of ether oxygens (including phenoxy) is 1. The number of carbonyl (C=O) groups excluding carboxylic acids is 1. The summed E-state index contributed by atoms with van der Waals surface area (Å²) in [5.41, 5.74) is 4.37. The van der Waals surface area contributed by atoms with Crippen LogP contribution in [0, 0.1) is 0 Å². The van der Waals surface area contributed by atoms with Gasteiger partial charge in [-0.15, -0.1) is 0 Å². The number of morpholine rings is 1. The molecule has 4 rings (SSSR count). The van der Waals surface area contributed by atoms with Crippen LogP contribution >= 0.6 is 0 Å². The smallest absolute Gasteiger partial charge is 0.238 e. The summed E-state index contributed by atoms with van der Waals surface area (Å²) in [6.45, 7) is 7.92. The first kappa shape index (κ1) is 21.4. The van der Waals surface area contributed by atoms with E-state index in [4.69, 9.17) is 4.74 Å². The minimum absolute atomic E-state index is 0.00264. The molecule has 0 radical (unpaired) electrons. The molecule has 2 aromatic carbocycles. The van der Waals surface area contributed by atoms with Crippen molar-refractivity contribution in [1.29, 1.82) is 0 Å². The fraction of sp³-hybridized carbons (Fsp3) is 0.400. The maximum absolute atomic E-state index is 12.5. The molecule has 0 saturated carbocycles. The highest BCUT2D eigenvalue weighted by Gasteiger charge is 2.22. The molecule has 0 spiro atoms. The van der Waals surface area contributed by atoms with Crippen LogP contribution in [0.5, 0.6) is 5.75 Å². The molecule has 0 aliphatic carbocycles. The van der Waals surface area contributed by atoms with E-state index in [-0.39, 0.29) is 23.9 Å². The Bertz CT molecular complexity index is 914. The van der Waals surface area contributed by atoms with Gasteiger partial charge in [-0.2, -0.15) is 0 Å². The molecular weight excluding hydrogens is 390 g/mol. The van der Waals surface area contributed by atoms with Crippen LogP contribution in [0.15, 0.2) is 54.6 Å². The van der Waals surface area contributed by atoms with E-state index < -0.39 is 0 Å². The summed E-state index contributed by atoms with van der Waals surface area (Å²) in [6.07, 6.45) is 3.50. The Morgan fingerprint density at radius 1 is 1.06 bits per heavy atom. The Morgan fingerprint density at radius 3 is 2.35 bits per heavy atom. The van der Waals surface area contributed by atoms with Gasteiger partial charge in [-0.05, 0) is 67.8 Å². The molecule has 2 aliphatic rings. The molecule has 0 bridgehead atoms. The molecule has 6 heteroatoms. The van der Waals surface area contributed by atoms with Gasteiger partial charge in [0.05, 0.1) is 18.8 Å². The highest BCUT2D eigenvalue weighted by Crippen LogP contribution is 2.25. The van der Waals surface area contributed by atoms with E-state index in [1.54, 1.807) is 12.1 Å². The van der Waals surface area contributed by atoms with Crippen LogP contribution < -0.4 is 10.2 Å². The highest BCUT2D eigenvalue weighted by atomic mass is 16.5. The third-order valence-corrected chi connectivity index (χ3v) is 5.83. The van der Waals surface area contributed by atoms with Gasteiger partial charge in [-0.3, -0.25) is 9.69 Å². The van der Waals surface area contributed by atoms with Crippen LogP contribution in [-0.4, -0.2) is 60.8 Å². The number of phenols is 1. The van der Waals surface area contributed by atoms with Gasteiger partial charge in [0.1, 0.15) is 5.75 Å². The summed E-state index contributed by atoms with van der Waals surface area (Å²) in [5.74, 6) is 0.281. The van der Waals surface area contributed by atoms with Crippen molar-refractivity contribution in [3.05, 3.63) is 60.2 Å². The van der Waals surface area contributed by atoms with Gasteiger partial charge >= 0.3 is 0 Å². The van der Waals surface area contributed by atoms with Crippen molar-refractivity contribution in [1.82, 2.24) is 4.90 Å². The number of aromatic hydroxyl groups is 1. The lowest BCUT2D eigenvalue weighted by molar-refractivity contribution is -0.117. The molecule has 31 heavy (non-hydrogen) atoms. The fourth-order valence-corrected chi connectivity index (χ4v) is 4.34. The second kappa shape index (κ2) is 9.54. The number of anilines is 2. The van der Waals surface area contributed by atoms with E-state index in [1.165, 1.54) is 5.57 Å². The van der Waals surface area contributed by atoms with Crippen LogP contribution in [0.3, 0.4) is 0 Å². The number of rotatable bonds is 5. The van der Waals surface area contributed by atoms with Gasteiger partial charge in [0.15, 0.2) is 0 Å². The lowest BCUT2D eigenvalue weighted by Gasteiger charge is -2.36. The molecule has 1 saturated heterocycles. The lowest BCUT2D eigenvalue weighted by atomic mass is 9.99. The van der Waals surface area contributed by atoms with E-state index in [0.29, 0.717) is 6.54 Å². The Kier molecular flexibility index (Phi) is 6.59. The predicted molar refractivity (Wildman–Crippen MR) is 124 cm³/mol. The van der Waals surface area contributed by atoms with E-state index in [2.05, 4.69) is 47.2 Å². The van der Waals surface area contributed by atoms with Gasteiger partial charge in [0, 0.05) is 37.6 Å². The van der Waals surface area contributed by atoms with Crippen LogP contribution in [0.2, 0.25) is 0 Å². The molecule has 164 valence electrons. The molecule has 6 nitrogen and oxygen atoms in total. The zero-order chi connectivity index (χ0) is 21.8. The fourth-order valence-electron chi connectivity index (χ4n) is 4.34. The number of amides is 1. The molecular formula is C25H31N3O3. The quantitative estimate of drug-likeness (QED) is 0.770. The normalized spacial score (nSPS) is 22.1. The number of phenolic OH excluding ortho intramolecular Hbond substituents is 1. The first-order valence-corrected chi connectivity index (χ1v) is 11.0. The monoisotopic (exact) mass is 421 g/mol. The molecule has 2 N–H and O–H groups in total. The van der Waals surface area contributed by atoms with E-state index in [0.717, 1.165) is 49.5 Å². The molecule has 2 aromatic rings. The summed E-state index contributed by atoms with van der Waals surface area (Å²) in [5, 5.41) is 12.5. The number of nitrogens with one attached hydrogen (secondary N) is 1. The number of carbonyl (C=O) groups is 1. The predicted octanol–water partition coefficient (Wildman–Crippen LogP) is 3.73. The van der Waals surface area contributed by atoms with Gasteiger partial charge in [-0.1, -0.05) is 18.2 Å². The minimum atomic E-state index is 0.00264. The maximum atomic E-state index is 12.5. The topological polar surface area (TPSA) is 65.0 Å². The largest absolute Gasteiger partial charge is 0.508 e. The zero-order valence-corrected chi connectivity index (χ0v) is 18.3. The molecule has 2 aliphatic heterocycles. The number of nitrogens with zero attached hydrogens (tertiary/aromatic N) is 2. The van der Waals surface area contributed by atoms with Crippen molar-refractivity contribution < 1.29 is 14.6 Å². The second-order valence-corrected chi connectivity index (χ2v) is 8.52. The van der Waals surface area contributed by atoms with E-state index >= 15 is 0 Å². The zero-order valence-electron chi connectivity index (χ0n) is 18.3. The first-order valence-electron chi connectivity index (χ1n) is 11.0. The van der Waals surface area contributed by atoms with Crippen LogP contribution in [0.25, 0.3) is 5.57 Å². The van der Waals surface area contributed by atoms with Crippen molar-refractivity contribution in [3.8, 4) is 5.75 Å². The summed E-state index contributed by atoms with van der Waals surface area (Å²) < 4.78 is 5.81. The van der Waals surface area contributed by atoms with Gasteiger partial charge < -0.3 is 20.1 Å². The van der Waals surface area contributed by atoms with Crippen molar-refractivity contribution in [2.45, 2.75) is 32.5 Å². The summed E-state index contributed by atoms with van der Waals surface area (Å²) in [4.78, 5) is 17.0. The maximum Gasteiger partial charge on any atom is 0.238 e. The number of benzene rings is 2. The average molecular weight is 422 g/mol. The highest BCUT2D eigenvalue weighted by molar-refractivity contribution is 5.92. The van der Waals surface area contributed by atoms with Crippen molar-refractivity contribution >= 4 is 22.9 Å². The number of hydrogen-bond acceptors (Lipinski definition) is 5. The minimum Gasteiger partial charge on any atom is -0.508 e. The standard InChI is InChI=1S/C25H31N3O3/c1-18-15-28(16-19(2)31-18)23-7-5-22(6-8-23)26-25(30)17-27-13-11-21(12-14-27)20-3-9-24(29)10-4-20/h3-11,18-19,29H,12-17H2,1-2H3,(H,26,30). The summed E-state index contributed by atoms with van der Waals surface area (Å²) in [7, 11) is 0. The van der Waals surface area contributed by atoms with Crippen LogP contribution in [0.1, 0.15) is 25.8 Å². The molecule has 1 fully saturated rings. The molecule has 2 heterocycles. The Hall–Kier alpha value is -2.83. The third-order valence-electron chi connectivity index (χ3n) is 5.83. The SMILES string of the molecule is CC1CN(c2ccc(NC(=O)CN3CC=C(c4ccc(O)cc4)CC3)cc2)CC(C)O1. The van der Waals surface area contributed by atoms with Crippen LogP contribution in [-0.2, 0) is 9.53 Å². The average Bonchev–Trinajstić information content (AvgIpc) is 2.75. The molecule has 1 amide bonds. The lowest BCUT2D eigenvalue weighted by Crippen LogP contribution is -2.45. The van der Waals surface area contributed by atoms with Crippen molar-refractivity contribution in [2.24, 2.45) is 0 Å².